The van der Waals surface area contributed by atoms with Gasteiger partial charge in [-0.05, 0) is 31.5 Å². The number of hydrogen-bond acceptors (Lipinski definition) is 6. The van der Waals surface area contributed by atoms with Crippen LogP contribution in [0.15, 0.2) is 47.0 Å². The molecule has 0 aliphatic rings. The fourth-order valence-electron chi connectivity index (χ4n) is 2.24. The van der Waals surface area contributed by atoms with E-state index in [9.17, 15) is 9.59 Å². The molecule has 2 aromatic heterocycles. The minimum atomic E-state index is -0.250. The molecule has 134 valence electrons. The van der Waals surface area contributed by atoms with E-state index in [1.807, 2.05) is 29.6 Å². The maximum absolute atomic E-state index is 12.1. The van der Waals surface area contributed by atoms with Crippen LogP contribution in [-0.4, -0.2) is 20.4 Å². The minimum absolute atomic E-state index is 0.0573. The molecule has 1 amide bonds. The van der Waals surface area contributed by atoms with Gasteiger partial charge in [-0.15, -0.1) is 0 Å². The van der Waals surface area contributed by atoms with E-state index in [0.29, 0.717) is 28.7 Å². The number of rotatable bonds is 6. The van der Waals surface area contributed by atoms with Gasteiger partial charge in [-0.25, -0.2) is 9.97 Å². The van der Waals surface area contributed by atoms with Crippen LogP contribution in [0.5, 0.6) is 10.9 Å². The molecule has 3 aromatic rings. The van der Waals surface area contributed by atoms with E-state index in [-0.39, 0.29) is 18.0 Å². The van der Waals surface area contributed by atoms with Crippen LogP contribution in [0.1, 0.15) is 16.8 Å². The number of carbonyl (C=O) groups excluding carboxylic acids is 1. The molecule has 0 bridgehead atoms. The third-order valence-electron chi connectivity index (χ3n) is 3.86. The number of aromatic nitrogens is 3. The molecule has 0 spiro atoms. The third-order valence-corrected chi connectivity index (χ3v) is 4.51. The van der Waals surface area contributed by atoms with Crippen LogP contribution in [0.25, 0.3) is 0 Å². The fourth-order valence-corrected chi connectivity index (χ4v) is 2.74. The van der Waals surface area contributed by atoms with Crippen molar-refractivity contribution in [3.8, 4) is 10.9 Å². The molecule has 0 saturated heterocycles. The summed E-state index contributed by atoms with van der Waals surface area (Å²) in [6.45, 7) is 3.78. The first kappa shape index (κ1) is 17.8. The minimum Gasteiger partial charge on any atom is -0.431 e. The zero-order chi connectivity index (χ0) is 18.5. The van der Waals surface area contributed by atoms with E-state index in [1.165, 1.54) is 22.2 Å². The second-order valence-corrected chi connectivity index (χ2v) is 6.57. The summed E-state index contributed by atoms with van der Waals surface area (Å²) in [4.78, 5) is 32.3. The SMILES string of the molecule is Cc1ncn(CC(=O)NCc2ccc(Oc3nccs3)cc2)c(=O)c1C. The molecule has 0 aliphatic carbocycles. The van der Waals surface area contributed by atoms with Gasteiger partial charge in [0.1, 0.15) is 12.3 Å². The van der Waals surface area contributed by atoms with E-state index in [2.05, 4.69) is 15.3 Å². The summed E-state index contributed by atoms with van der Waals surface area (Å²) in [7, 11) is 0. The van der Waals surface area contributed by atoms with Gasteiger partial charge in [-0.1, -0.05) is 23.5 Å². The number of benzene rings is 1. The third kappa shape index (κ3) is 4.34. The standard InChI is InChI=1S/C18H18N4O3S/c1-12-13(2)21-11-22(17(12)24)10-16(23)20-9-14-3-5-15(6-4-14)25-18-19-7-8-26-18/h3-8,11H,9-10H2,1-2H3,(H,20,23). The number of nitrogens with zero attached hydrogens (tertiary/aromatic N) is 3. The smallest absolute Gasteiger partial charge is 0.278 e. The number of thiazole rings is 1. The number of ether oxygens (including phenoxy) is 1. The van der Waals surface area contributed by atoms with Gasteiger partial charge in [0.15, 0.2) is 0 Å². The molecule has 0 saturated carbocycles. The van der Waals surface area contributed by atoms with Crippen LogP contribution >= 0.6 is 11.3 Å². The summed E-state index contributed by atoms with van der Waals surface area (Å²) >= 11 is 1.42. The Balaban J connectivity index is 1.54. The normalized spacial score (nSPS) is 10.5. The summed E-state index contributed by atoms with van der Waals surface area (Å²) in [6.07, 6.45) is 3.08. The molecular weight excluding hydrogens is 352 g/mol. The second-order valence-electron chi connectivity index (χ2n) is 5.71. The van der Waals surface area contributed by atoms with Crippen molar-refractivity contribution in [2.45, 2.75) is 26.9 Å². The van der Waals surface area contributed by atoms with Gasteiger partial charge in [0.2, 0.25) is 5.91 Å². The molecule has 0 radical (unpaired) electrons. The number of aryl methyl sites for hydroxylation is 1. The summed E-state index contributed by atoms with van der Waals surface area (Å²) in [5.41, 5.74) is 1.95. The quantitative estimate of drug-likeness (QED) is 0.720. The van der Waals surface area contributed by atoms with Crippen molar-refractivity contribution in [1.82, 2.24) is 19.9 Å². The zero-order valence-corrected chi connectivity index (χ0v) is 15.2. The highest BCUT2D eigenvalue weighted by atomic mass is 32.1. The van der Waals surface area contributed by atoms with Crippen LogP contribution < -0.4 is 15.6 Å². The first-order valence-corrected chi connectivity index (χ1v) is 8.86. The maximum atomic E-state index is 12.1. The van der Waals surface area contributed by atoms with Gasteiger partial charge in [0, 0.05) is 29.4 Å². The van der Waals surface area contributed by atoms with Gasteiger partial charge in [-0.3, -0.25) is 14.2 Å². The maximum Gasteiger partial charge on any atom is 0.278 e. The molecular formula is C18H18N4O3S. The average Bonchev–Trinajstić information content (AvgIpc) is 3.15. The van der Waals surface area contributed by atoms with E-state index in [0.717, 1.165) is 5.56 Å². The molecule has 0 aliphatic heterocycles. The summed E-state index contributed by atoms with van der Waals surface area (Å²) in [5, 5.41) is 5.22. The van der Waals surface area contributed by atoms with Gasteiger partial charge >= 0.3 is 0 Å². The first-order chi connectivity index (χ1) is 12.5. The Bertz CT molecular complexity index is 950. The highest BCUT2D eigenvalue weighted by Crippen LogP contribution is 2.23. The van der Waals surface area contributed by atoms with Crippen LogP contribution in [-0.2, 0) is 17.9 Å². The van der Waals surface area contributed by atoms with Crippen molar-refractivity contribution in [3.05, 3.63) is 69.3 Å². The Morgan fingerprint density at radius 3 is 2.69 bits per heavy atom. The second kappa shape index (κ2) is 7.92. The number of amides is 1. The molecule has 1 aromatic carbocycles. The molecule has 26 heavy (non-hydrogen) atoms. The number of carbonyl (C=O) groups is 1. The molecule has 0 atom stereocenters. The van der Waals surface area contributed by atoms with Crippen molar-refractivity contribution in [1.29, 1.82) is 0 Å². The van der Waals surface area contributed by atoms with Crippen LogP contribution in [0.2, 0.25) is 0 Å². The van der Waals surface area contributed by atoms with Gasteiger partial charge in [-0.2, -0.15) is 0 Å². The molecule has 7 nitrogen and oxygen atoms in total. The Hall–Kier alpha value is -3.00. The van der Waals surface area contributed by atoms with E-state index in [4.69, 9.17) is 4.74 Å². The van der Waals surface area contributed by atoms with Gasteiger partial charge in [0.25, 0.3) is 10.8 Å². The largest absolute Gasteiger partial charge is 0.431 e. The van der Waals surface area contributed by atoms with Crippen LogP contribution in [0.4, 0.5) is 0 Å². The Morgan fingerprint density at radius 1 is 1.23 bits per heavy atom. The molecule has 1 N–H and O–H groups in total. The topological polar surface area (TPSA) is 86.1 Å². The monoisotopic (exact) mass is 370 g/mol. The highest BCUT2D eigenvalue weighted by Gasteiger charge is 2.08. The van der Waals surface area contributed by atoms with E-state index >= 15 is 0 Å². The molecule has 0 fully saturated rings. The lowest BCUT2D eigenvalue weighted by atomic mass is 10.2. The molecule has 0 unspecified atom stereocenters. The first-order valence-electron chi connectivity index (χ1n) is 7.98. The molecule has 8 heteroatoms. The number of nitrogens with one attached hydrogen (secondary N) is 1. The Kier molecular flexibility index (Phi) is 5.43. The zero-order valence-electron chi connectivity index (χ0n) is 14.4. The van der Waals surface area contributed by atoms with Crippen molar-refractivity contribution in [3.63, 3.8) is 0 Å². The van der Waals surface area contributed by atoms with Gasteiger partial charge in [0.05, 0.1) is 6.33 Å². The molecule has 2 heterocycles. The van der Waals surface area contributed by atoms with E-state index in [1.54, 1.807) is 20.0 Å². The number of hydrogen-bond donors (Lipinski definition) is 1. The van der Waals surface area contributed by atoms with Crippen LogP contribution in [0, 0.1) is 13.8 Å². The van der Waals surface area contributed by atoms with Crippen molar-refractivity contribution >= 4 is 17.2 Å². The van der Waals surface area contributed by atoms with Crippen LogP contribution in [0.3, 0.4) is 0 Å². The van der Waals surface area contributed by atoms with Crippen molar-refractivity contribution in [2.24, 2.45) is 0 Å². The Labute approximate surface area is 154 Å². The highest BCUT2D eigenvalue weighted by molar-refractivity contribution is 7.11. The predicted octanol–water partition coefficient (Wildman–Crippen LogP) is 2.43. The lowest BCUT2D eigenvalue weighted by Crippen LogP contribution is -2.33. The summed E-state index contributed by atoms with van der Waals surface area (Å²) in [5.74, 6) is 0.433. The lowest BCUT2D eigenvalue weighted by molar-refractivity contribution is -0.121. The molecule has 3 rings (SSSR count). The predicted molar refractivity (Wildman–Crippen MR) is 98.4 cm³/mol. The average molecular weight is 370 g/mol. The van der Waals surface area contributed by atoms with Crippen molar-refractivity contribution < 1.29 is 9.53 Å². The van der Waals surface area contributed by atoms with E-state index < -0.39 is 0 Å². The van der Waals surface area contributed by atoms with Gasteiger partial charge < -0.3 is 10.1 Å². The Morgan fingerprint density at radius 2 is 2.00 bits per heavy atom. The lowest BCUT2D eigenvalue weighted by Gasteiger charge is -2.09. The summed E-state index contributed by atoms with van der Waals surface area (Å²) < 4.78 is 6.90. The van der Waals surface area contributed by atoms with Crippen molar-refractivity contribution in [2.75, 3.05) is 0 Å². The fraction of sp³-hybridized carbons (Fsp3) is 0.222. The summed E-state index contributed by atoms with van der Waals surface area (Å²) in [6, 6.07) is 7.38.